The number of hydrogen-bond donors (Lipinski definition) is 0. The van der Waals surface area contributed by atoms with Gasteiger partial charge in [0, 0.05) is 0 Å². The maximum absolute atomic E-state index is 14.4. The molecule has 4 atom stereocenters. The summed E-state index contributed by atoms with van der Waals surface area (Å²) in [4.78, 5) is 0. The second-order valence-corrected chi connectivity index (χ2v) is 13.8. The first-order chi connectivity index (χ1) is 19.6. The van der Waals surface area contributed by atoms with Gasteiger partial charge in [0.2, 0.25) is 11.6 Å². The molecule has 2 nitrogen and oxygen atoms in total. The molecule has 0 aromatic heterocycles. The molecule has 1 aromatic rings. The molecule has 0 bridgehead atoms. The van der Waals surface area contributed by atoms with Crippen molar-refractivity contribution in [1.29, 1.82) is 0 Å². The van der Waals surface area contributed by atoms with Gasteiger partial charge in [-0.25, -0.2) is 0 Å². The van der Waals surface area contributed by atoms with E-state index in [2.05, 4.69) is 19.1 Å². The number of fused-ring (bicyclic) bond motifs is 1. The number of ether oxygens (including phenoxy) is 2. The third-order valence-electron chi connectivity index (χ3n) is 11.6. The van der Waals surface area contributed by atoms with Crippen LogP contribution in [0.4, 0.5) is 8.78 Å². The summed E-state index contributed by atoms with van der Waals surface area (Å²) in [6, 6.07) is 2.98. The first-order valence-corrected chi connectivity index (χ1v) is 16.9. The van der Waals surface area contributed by atoms with Crippen LogP contribution >= 0.6 is 0 Å². The Kier molecular flexibility index (Phi) is 10.9. The summed E-state index contributed by atoms with van der Waals surface area (Å²) in [5.74, 6) is 5.11. The lowest BCUT2D eigenvalue weighted by Crippen LogP contribution is -2.36. The van der Waals surface area contributed by atoms with E-state index < -0.39 is 11.6 Å². The zero-order valence-electron chi connectivity index (χ0n) is 25.2. The van der Waals surface area contributed by atoms with Crippen LogP contribution in [0.5, 0.6) is 11.5 Å². The number of allylic oxidation sites excluding steroid dienone is 2. The van der Waals surface area contributed by atoms with E-state index in [1.807, 2.05) is 0 Å². The summed E-state index contributed by atoms with van der Waals surface area (Å²) in [5, 5.41) is 0. The zero-order chi connectivity index (χ0) is 27.9. The van der Waals surface area contributed by atoms with Gasteiger partial charge in [0.05, 0.1) is 13.2 Å². The third-order valence-corrected chi connectivity index (χ3v) is 11.6. The highest BCUT2D eigenvalue weighted by Crippen LogP contribution is 2.50. The molecule has 4 heteroatoms. The molecule has 0 saturated heterocycles. The highest BCUT2D eigenvalue weighted by Gasteiger charge is 2.40. The molecule has 0 aliphatic heterocycles. The molecule has 0 radical (unpaired) electrons. The fourth-order valence-electron chi connectivity index (χ4n) is 9.24. The molecule has 0 amide bonds. The Morgan fingerprint density at radius 2 is 1.12 bits per heavy atom. The van der Waals surface area contributed by atoms with E-state index in [0.717, 1.165) is 47.8 Å². The first-order valence-electron chi connectivity index (χ1n) is 16.9. The highest BCUT2D eigenvalue weighted by molar-refractivity contribution is 5.35. The number of halogens is 2. The Morgan fingerprint density at radius 3 is 1.75 bits per heavy atom. The van der Waals surface area contributed by atoms with E-state index in [4.69, 9.17) is 9.47 Å². The van der Waals surface area contributed by atoms with E-state index in [0.29, 0.717) is 19.1 Å². The lowest BCUT2D eigenvalue weighted by Gasteiger charge is -2.46. The van der Waals surface area contributed by atoms with Crippen LogP contribution in [0.25, 0.3) is 0 Å². The summed E-state index contributed by atoms with van der Waals surface area (Å²) in [5.41, 5.74) is 0. The fraction of sp³-hybridized carbons (Fsp3) is 0.778. The van der Waals surface area contributed by atoms with Gasteiger partial charge >= 0.3 is 0 Å². The van der Waals surface area contributed by atoms with Crippen molar-refractivity contribution < 1.29 is 18.3 Å². The van der Waals surface area contributed by atoms with Gasteiger partial charge in [-0.3, -0.25) is 0 Å². The van der Waals surface area contributed by atoms with Crippen LogP contribution in [0.2, 0.25) is 0 Å². The third kappa shape index (κ3) is 7.43. The van der Waals surface area contributed by atoms with Crippen LogP contribution < -0.4 is 9.47 Å². The van der Waals surface area contributed by atoms with E-state index in [1.165, 1.54) is 108 Å². The second-order valence-electron chi connectivity index (χ2n) is 13.8. The summed E-state index contributed by atoms with van der Waals surface area (Å²) < 4.78 is 39.6. The van der Waals surface area contributed by atoms with Crippen LogP contribution in [0.3, 0.4) is 0 Å². The molecule has 1 aromatic carbocycles. The van der Waals surface area contributed by atoms with Gasteiger partial charge < -0.3 is 9.47 Å². The molecule has 0 spiro atoms. The maximum Gasteiger partial charge on any atom is 0.204 e. The summed E-state index contributed by atoms with van der Waals surface area (Å²) >= 11 is 0. The molecular weight excluding hydrogens is 502 g/mol. The normalized spacial score (nSPS) is 34.9. The second kappa shape index (κ2) is 14.5. The predicted octanol–water partition coefficient (Wildman–Crippen LogP) is 10.5. The summed E-state index contributed by atoms with van der Waals surface area (Å²) in [6.07, 6.45) is 26.9. The zero-order valence-corrected chi connectivity index (χ0v) is 25.2. The Labute approximate surface area is 242 Å². The Hall–Kier alpha value is -1.58. The van der Waals surface area contributed by atoms with Crippen molar-refractivity contribution in [3.63, 3.8) is 0 Å². The van der Waals surface area contributed by atoms with Crippen LogP contribution in [0.15, 0.2) is 24.3 Å². The van der Waals surface area contributed by atoms with Crippen molar-refractivity contribution in [3.8, 4) is 11.5 Å². The smallest absolute Gasteiger partial charge is 0.204 e. The molecule has 4 saturated carbocycles. The SMILES string of the molecule is C/C=C/CCC1CCC(C2CCC(C3CCC4CC(COc5ccc(OCC)c(F)c5F)CCC4C3)CC2)CC1. The molecule has 0 heterocycles. The molecule has 4 aliphatic carbocycles. The maximum atomic E-state index is 14.4. The minimum Gasteiger partial charge on any atom is -0.491 e. The largest absolute Gasteiger partial charge is 0.491 e. The minimum atomic E-state index is -0.946. The van der Waals surface area contributed by atoms with Crippen molar-refractivity contribution in [2.75, 3.05) is 13.2 Å². The number of rotatable bonds is 10. The van der Waals surface area contributed by atoms with Crippen LogP contribution in [0, 0.1) is 59.0 Å². The molecule has 224 valence electrons. The molecule has 40 heavy (non-hydrogen) atoms. The standard InChI is InChI=1S/C36H54F2O2/c1-3-5-6-7-25-8-11-27(12-9-25)28-14-16-29(17-15-28)31-19-18-30-22-26(10-13-32(30)23-31)24-40-34-21-20-33(39-4-2)35(37)36(34)38/h3,5,20-21,25-32H,4,6-19,22-24H2,1-2H3/b5-3+. The summed E-state index contributed by atoms with van der Waals surface area (Å²) in [6.45, 7) is 4.69. The molecule has 4 unspecified atom stereocenters. The van der Waals surface area contributed by atoms with E-state index in [9.17, 15) is 8.78 Å². The molecule has 4 aliphatic rings. The quantitative estimate of drug-likeness (QED) is 0.267. The minimum absolute atomic E-state index is 0.0137. The fourth-order valence-corrected chi connectivity index (χ4v) is 9.24. The predicted molar refractivity (Wildman–Crippen MR) is 160 cm³/mol. The number of benzene rings is 1. The lowest BCUT2D eigenvalue weighted by molar-refractivity contribution is 0.0419. The average molecular weight is 557 g/mol. The molecule has 4 fully saturated rings. The Balaban J connectivity index is 1.01. The monoisotopic (exact) mass is 556 g/mol. The number of hydrogen-bond acceptors (Lipinski definition) is 2. The van der Waals surface area contributed by atoms with Crippen molar-refractivity contribution in [3.05, 3.63) is 35.9 Å². The van der Waals surface area contributed by atoms with Crippen molar-refractivity contribution in [2.24, 2.45) is 47.3 Å². The molecule has 0 N–H and O–H groups in total. The van der Waals surface area contributed by atoms with Crippen molar-refractivity contribution >= 4 is 0 Å². The van der Waals surface area contributed by atoms with Gasteiger partial charge in [-0.2, -0.15) is 8.78 Å². The van der Waals surface area contributed by atoms with Gasteiger partial charge in [-0.05, 0) is 163 Å². The van der Waals surface area contributed by atoms with E-state index in [-0.39, 0.29) is 11.5 Å². The molecule has 5 rings (SSSR count). The average Bonchev–Trinajstić information content (AvgIpc) is 2.99. The van der Waals surface area contributed by atoms with Crippen molar-refractivity contribution in [2.45, 2.75) is 117 Å². The van der Waals surface area contributed by atoms with E-state index >= 15 is 0 Å². The topological polar surface area (TPSA) is 18.5 Å². The Morgan fingerprint density at radius 1 is 0.650 bits per heavy atom. The van der Waals surface area contributed by atoms with Gasteiger partial charge in [0.15, 0.2) is 11.5 Å². The van der Waals surface area contributed by atoms with Crippen molar-refractivity contribution in [1.82, 2.24) is 0 Å². The van der Waals surface area contributed by atoms with Gasteiger partial charge in [0.1, 0.15) is 0 Å². The van der Waals surface area contributed by atoms with Crippen LogP contribution in [-0.4, -0.2) is 13.2 Å². The van der Waals surface area contributed by atoms with Gasteiger partial charge in [-0.15, -0.1) is 0 Å². The van der Waals surface area contributed by atoms with E-state index in [1.54, 1.807) is 6.92 Å². The Bertz CT molecular complexity index is 944. The van der Waals surface area contributed by atoms with Crippen LogP contribution in [-0.2, 0) is 0 Å². The highest BCUT2D eigenvalue weighted by atomic mass is 19.2. The van der Waals surface area contributed by atoms with Gasteiger partial charge in [-0.1, -0.05) is 25.0 Å². The van der Waals surface area contributed by atoms with Crippen LogP contribution in [0.1, 0.15) is 117 Å². The summed E-state index contributed by atoms with van der Waals surface area (Å²) in [7, 11) is 0. The first kappa shape index (κ1) is 29.9. The lowest BCUT2D eigenvalue weighted by atomic mass is 9.60. The molecular formula is C36H54F2O2. The van der Waals surface area contributed by atoms with Gasteiger partial charge in [0.25, 0.3) is 0 Å².